The number of rotatable bonds is 3. The third-order valence-electron chi connectivity index (χ3n) is 2.59. The Labute approximate surface area is 86.7 Å². The van der Waals surface area contributed by atoms with Crippen molar-refractivity contribution >= 4 is 5.69 Å². The highest BCUT2D eigenvalue weighted by Gasteiger charge is 2.05. The van der Waals surface area contributed by atoms with Crippen molar-refractivity contribution in [3.63, 3.8) is 0 Å². The van der Waals surface area contributed by atoms with Gasteiger partial charge in [-0.1, -0.05) is 0 Å². The lowest BCUT2D eigenvalue weighted by atomic mass is 9.99. The second-order valence-corrected chi connectivity index (χ2v) is 3.99. The van der Waals surface area contributed by atoms with E-state index in [1.54, 1.807) is 0 Å². The molecule has 0 amide bonds. The van der Waals surface area contributed by atoms with Crippen LogP contribution in [0, 0.1) is 13.8 Å². The summed E-state index contributed by atoms with van der Waals surface area (Å²) in [5, 5.41) is 0. The summed E-state index contributed by atoms with van der Waals surface area (Å²) < 4.78 is 0. The molecule has 0 fully saturated rings. The van der Waals surface area contributed by atoms with Gasteiger partial charge in [-0.25, -0.2) is 0 Å². The van der Waals surface area contributed by atoms with Crippen molar-refractivity contribution in [2.24, 2.45) is 5.73 Å². The monoisotopic (exact) mass is 192 g/mol. The molecule has 0 aliphatic heterocycles. The van der Waals surface area contributed by atoms with Gasteiger partial charge in [-0.05, 0) is 55.6 Å². The van der Waals surface area contributed by atoms with Gasteiger partial charge < -0.3 is 10.6 Å². The van der Waals surface area contributed by atoms with E-state index in [-0.39, 0.29) is 0 Å². The quantitative estimate of drug-likeness (QED) is 0.792. The van der Waals surface area contributed by atoms with Crippen LogP contribution in [-0.4, -0.2) is 20.6 Å². The zero-order chi connectivity index (χ0) is 10.7. The lowest BCUT2D eigenvalue weighted by molar-refractivity contribution is 0.944. The molecular formula is C12H20N2. The van der Waals surface area contributed by atoms with E-state index in [1.807, 2.05) is 0 Å². The van der Waals surface area contributed by atoms with E-state index in [0.717, 1.165) is 13.0 Å². The van der Waals surface area contributed by atoms with Crippen molar-refractivity contribution in [3.05, 3.63) is 28.8 Å². The van der Waals surface area contributed by atoms with Crippen LogP contribution in [0.4, 0.5) is 5.69 Å². The fraction of sp³-hybridized carbons (Fsp3) is 0.500. The molecule has 14 heavy (non-hydrogen) atoms. The second kappa shape index (κ2) is 4.47. The Bertz CT molecular complexity index is 293. The SMILES string of the molecule is Cc1cc(N(C)C)cc(C)c1CCN. The van der Waals surface area contributed by atoms with Crippen LogP contribution in [0.25, 0.3) is 0 Å². The van der Waals surface area contributed by atoms with E-state index in [9.17, 15) is 0 Å². The molecule has 0 aliphatic rings. The van der Waals surface area contributed by atoms with E-state index >= 15 is 0 Å². The number of aryl methyl sites for hydroxylation is 2. The molecule has 2 nitrogen and oxygen atoms in total. The number of nitrogens with zero attached hydrogens (tertiary/aromatic N) is 1. The van der Waals surface area contributed by atoms with Crippen LogP contribution in [0.3, 0.4) is 0 Å². The van der Waals surface area contributed by atoms with E-state index in [4.69, 9.17) is 5.73 Å². The molecule has 1 aromatic carbocycles. The number of hydrogen-bond donors (Lipinski definition) is 1. The normalized spacial score (nSPS) is 10.4. The Kier molecular flexibility index (Phi) is 3.53. The highest BCUT2D eigenvalue weighted by atomic mass is 15.1. The minimum atomic E-state index is 0.725. The van der Waals surface area contributed by atoms with E-state index in [1.165, 1.54) is 22.4 Å². The first-order chi connectivity index (χ1) is 6.56. The van der Waals surface area contributed by atoms with Crippen LogP contribution < -0.4 is 10.6 Å². The summed E-state index contributed by atoms with van der Waals surface area (Å²) in [6.07, 6.45) is 0.978. The molecule has 0 bridgehead atoms. The molecule has 78 valence electrons. The predicted molar refractivity (Wildman–Crippen MR) is 63.0 cm³/mol. The van der Waals surface area contributed by atoms with E-state index in [0.29, 0.717) is 0 Å². The molecular weight excluding hydrogens is 172 g/mol. The fourth-order valence-corrected chi connectivity index (χ4v) is 1.77. The molecule has 2 heteroatoms. The van der Waals surface area contributed by atoms with Gasteiger partial charge in [0, 0.05) is 19.8 Å². The van der Waals surface area contributed by atoms with Crippen LogP contribution in [0.5, 0.6) is 0 Å². The summed E-state index contributed by atoms with van der Waals surface area (Å²) in [5.41, 5.74) is 10.9. The topological polar surface area (TPSA) is 29.3 Å². The lowest BCUT2D eigenvalue weighted by Crippen LogP contribution is -2.11. The first-order valence-corrected chi connectivity index (χ1v) is 5.03. The number of anilines is 1. The van der Waals surface area contributed by atoms with E-state index < -0.39 is 0 Å². The fourth-order valence-electron chi connectivity index (χ4n) is 1.77. The molecule has 0 heterocycles. The maximum absolute atomic E-state index is 5.59. The average Bonchev–Trinajstić information content (AvgIpc) is 2.10. The first-order valence-electron chi connectivity index (χ1n) is 5.03. The van der Waals surface area contributed by atoms with Crippen LogP contribution in [0.15, 0.2) is 12.1 Å². The molecule has 0 saturated heterocycles. The van der Waals surface area contributed by atoms with Gasteiger partial charge in [-0.2, -0.15) is 0 Å². The van der Waals surface area contributed by atoms with Crippen molar-refractivity contribution in [1.82, 2.24) is 0 Å². The molecule has 2 N–H and O–H groups in total. The largest absolute Gasteiger partial charge is 0.378 e. The van der Waals surface area contributed by atoms with Crippen molar-refractivity contribution < 1.29 is 0 Å². The van der Waals surface area contributed by atoms with Crippen LogP contribution in [0.2, 0.25) is 0 Å². The number of hydrogen-bond acceptors (Lipinski definition) is 2. The molecule has 1 rings (SSSR count). The van der Waals surface area contributed by atoms with Crippen molar-refractivity contribution in [1.29, 1.82) is 0 Å². The zero-order valence-corrected chi connectivity index (χ0v) is 9.59. The Morgan fingerprint density at radius 2 is 1.64 bits per heavy atom. The minimum Gasteiger partial charge on any atom is -0.378 e. The summed E-state index contributed by atoms with van der Waals surface area (Å²) >= 11 is 0. The molecule has 0 atom stereocenters. The third-order valence-corrected chi connectivity index (χ3v) is 2.59. The Balaban J connectivity index is 3.11. The Morgan fingerprint density at radius 3 is 2.00 bits per heavy atom. The van der Waals surface area contributed by atoms with Crippen LogP contribution >= 0.6 is 0 Å². The minimum absolute atomic E-state index is 0.725. The molecule has 0 aromatic heterocycles. The summed E-state index contributed by atoms with van der Waals surface area (Å²) in [5.74, 6) is 0. The van der Waals surface area contributed by atoms with Crippen molar-refractivity contribution in [2.45, 2.75) is 20.3 Å². The number of nitrogens with two attached hydrogens (primary N) is 1. The molecule has 0 spiro atoms. The molecule has 0 radical (unpaired) electrons. The van der Waals surface area contributed by atoms with Gasteiger partial charge in [-0.15, -0.1) is 0 Å². The van der Waals surface area contributed by atoms with Crippen LogP contribution in [-0.2, 0) is 6.42 Å². The first kappa shape index (κ1) is 11.1. The summed E-state index contributed by atoms with van der Waals surface area (Å²) in [4.78, 5) is 2.13. The Hall–Kier alpha value is -1.02. The molecule has 1 aromatic rings. The lowest BCUT2D eigenvalue weighted by Gasteiger charge is -2.17. The van der Waals surface area contributed by atoms with Gasteiger partial charge in [0.05, 0.1) is 0 Å². The third kappa shape index (κ3) is 2.26. The average molecular weight is 192 g/mol. The standard InChI is InChI=1S/C12H20N2/c1-9-7-11(14(3)4)8-10(2)12(9)5-6-13/h7-8H,5-6,13H2,1-4H3. The summed E-state index contributed by atoms with van der Waals surface area (Å²) in [6.45, 7) is 5.04. The van der Waals surface area contributed by atoms with Gasteiger partial charge >= 0.3 is 0 Å². The summed E-state index contributed by atoms with van der Waals surface area (Å²) in [7, 11) is 4.13. The second-order valence-electron chi connectivity index (χ2n) is 3.99. The van der Waals surface area contributed by atoms with Gasteiger partial charge in [-0.3, -0.25) is 0 Å². The van der Waals surface area contributed by atoms with Crippen LogP contribution in [0.1, 0.15) is 16.7 Å². The maximum atomic E-state index is 5.59. The van der Waals surface area contributed by atoms with Gasteiger partial charge in [0.25, 0.3) is 0 Å². The highest BCUT2D eigenvalue weighted by molar-refractivity contribution is 5.53. The van der Waals surface area contributed by atoms with Gasteiger partial charge in [0.2, 0.25) is 0 Å². The smallest absolute Gasteiger partial charge is 0.0366 e. The predicted octanol–water partition coefficient (Wildman–Crippen LogP) is 1.87. The van der Waals surface area contributed by atoms with Crippen molar-refractivity contribution in [2.75, 3.05) is 25.5 Å². The number of benzene rings is 1. The summed E-state index contributed by atoms with van der Waals surface area (Å²) in [6, 6.07) is 4.44. The van der Waals surface area contributed by atoms with Crippen molar-refractivity contribution in [3.8, 4) is 0 Å². The highest BCUT2D eigenvalue weighted by Crippen LogP contribution is 2.21. The molecule has 0 saturated carbocycles. The van der Waals surface area contributed by atoms with Gasteiger partial charge in [0.1, 0.15) is 0 Å². The Morgan fingerprint density at radius 1 is 1.14 bits per heavy atom. The zero-order valence-electron chi connectivity index (χ0n) is 9.59. The van der Waals surface area contributed by atoms with Gasteiger partial charge in [0.15, 0.2) is 0 Å². The molecule has 0 unspecified atom stereocenters. The molecule has 0 aliphatic carbocycles. The van der Waals surface area contributed by atoms with E-state index in [2.05, 4.69) is 45.0 Å². The maximum Gasteiger partial charge on any atom is 0.0366 e.